The van der Waals surface area contributed by atoms with E-state index in [1.54, 1.807) is 36.9 Å². The van der Waals surface area contributed by atoms with Gasteiger partial charge in [-0.2, -0.15) is 5.10 Å². The first-order chi connectivity index (χ1) is 20.8. The summed E-state index contributed by atoms with van der Waals surface area (Å²) in [6.07, 6.45) is 2.59. The van der Waals surface area contributed by atoms with E-state index in [4.69, 9.17) is 4.74 Å². The number of halogens is 1. The number of hydrogen-bond donors (Lipinski definition) is 2. The molecule has 7 atom stereocenters. The van der Waals surface area contributed by atoms with Gasteiger partial charge in [-0.1, -0.05) is 51.6 Å². The number of carbonyl (C=O) groups is 2. The summed E-state index contributed by atoms with van der Waals surface area (Å²) < 4.78 is 21.6. The topological polar surface area (TPSA) is 102 Å². The van der Waals surface area contributed by atoms with Crippen molar-refractivity contribution in [2.75, 3.05) is 0 Å². The summed E-state index contributed by atoms with van der Waals surface area (Å²) in [6.45, 7) is 12.1. The average molecular weight is 599 g/mol. The Bertz CT molecular complexity index is 1640. The summed E-state index contributed by atoms with van der Waals surface area (Å²) >= 11 is 0. The van der Waals surface area contributed by atoms with Crippen LogP contribution in [0, 0.1) is 34.9 Å². The van der Waals surface area contributed by atoms with E-state index in [1.807, 2.05) is 36.4 Å². The highest BCUT2D eigenvalue weighted by molar-refractivity contribution is 6.02. The molecule has 1 heterocycles. The molecular formula is C36H39FN2O5. The van der Waals surface area contributed by atoms with Crippen molar-refractivity contribution in [3.8, 4) is 16.9 Å². The number of fused-ring (bicyclic) bond motifs is 2. The molecule has 0 saturated heterocycles. The summed E-state index contributed by atoms with van der Waals surface area (Å²) in [4.78, 5) is 28.1. The molecule has 230 valence electrons. The van der Waals surface area contributed by atoms with Crippen molar-refractivity contribution >= 4 is 11.8 Å². The highest BCUT2D eigenvalue weighted by atomic mass is 19.1. The molecule has 2 saturated carbocycles. The lowest BCUT2D eigenvalue weighted by atomic mass is 9.77. The van der Waals surface area contributed by atoms with Crippen LogP contribution >= 0.6 is 0 Å². The van der Waals surface area contributed by atoms with Crippen molar-refractivity contribution in [1.29, 1.82) is 0 Å². The maximum atomic E-state index is 14.1. The summed E-state index contributed by atoms with van der Waals surface area (Å²) in [5.74, 6) is -2.65. The number of ether oxygens (including phenoxy) is 1. The number of allylic oxidation sites excluding steroid dienone is 1. The minimum Gasteiger partial charge on any atom is -0.454 e. The molecule has 0 amide bonds. The van der Waals surface area contributed by atoms with Crippen LogP contribution in [0.1, 0.15) is 57.3 Å². The summed E-state index contributed by atoms with van der Waals surface area (Å²) in [7, 11) is 0. The molecule has 8 heteroatoms. The van der Waals surface area contributed by atoms with Crippen LogP contribution in [0.3, 0.4) is 0 Å². The van der Waals surface area contributed by atoms with Crippen LogP contribution in [0.15, 0.2) is 84.6 Å². The van der Waals surface area contributed by atoms with Crippen LogP contribution in [0.25, 0.3) is 16.9 Å². The number of ketones is 1. The quantitative estimate of drug-likeness (QED) is 0.279. The van der Waals surface area contributed by atoms with Gasteiger partial charge in [-0.25, -0.2) is 13.9 Å². The van der Waals surface area contributed by atoms with E-state index < -0.39 is 47.2 Å². The Balaban J connectivity index is 1.42. The largest absolute Gasteiger partial charge is 0.454 e. The Labute approximate surface area is 257 Å². The number of hydrogen-bond acceptors (Lipinski definition) is 6. The number of aromatic nitrogens is 2. The van der Waals surface area contributed by atoms with Gasteiger partial charge in [0.2, 0.25) is 0 Å². The summed E-state index contributed by atoms with van der Waals surface area (Å²) in [6, 6.07) is 14.9. The first kappa shape index (κ1) is 30.2. The molecule has 0 spiro atoms. The smallest absolute Gasteiger partial charge is 0.342 e. The predicted molar refractivity (Wildman–Crippen MR) is 164 cm³/mol. The van der Waals surface area contributed by atoms with Crippen molar-refractivity contribution in [2.24, 2.45) is 29.1 Å². The van der Waals surface area contributed by atoms with Crippen molar-refractivity contribution in [3.63, 3.8) is 0 Å². The molecule has 3 aliphatic rings. The molecule has 7 nitrogen and oxygen atoms in total. The van der Waals surface area contributed by atoms with Crippen molar-refractivity contribution < 1.29 is 28.9 Å². The molecule has 3 aliphatic carbocycles. The van der Waals surface area contributed by atoms with E-state index in [2.05, 4.69) is 25.5 Å². The van der Waals surface area contributed by atoms with E-state index in [1.165, 1.54) is 12.1 Å². The number of carbonyl (C=O) groups excluding carboxylic acids is 2. The van der Waals surface area contributed by atoms with Gasteiger partial charge >= 0.3 is 5.97 Å². The van der Waals surface area contributed by atoms with Crippen LogP contribution in [0.5, 0.6) is 0 Å². The van der Waals surface area contributed by atoms with Gasteiger partial charge in [0.15, 0.2) is 5.78 Å². The van der Waals surface area contributed by atoms with E-state index in [-0.39, 0.29) is 29.0 Å². The van der Waals surface area contributed by atoms with Crippen molar-refractivity contribution in [2.45, 2.75) is 64.8 Å². The van der Waals surface area contributed by atoms with Gasteiger partial charge in [0.05, 0.1) is 17.7 Å². The fraction of sp³-hybridized carbons (Fsp3) is 0.417. The van der Waals surface area contributed by atoms with Crippen LogP contribution in [0.2, 0.25) is 0 Å². The van der Waals surface area contributed by atoms with Crippen LogP contribution in [0.4, 0.5) is 4.39 Å². The SMILES string of the molecule is C=C1CC[C@H]2[C@@H](/C=C(\C)C(=O)[C@@]3(O)C[C@H](C)[C@H](O)[C@@H]3[C@H]1OC(=O)c1cn(-c3ccccc3)nc1-c1ccc(F)cc1)C2(C)C. The minimum atomic E-state index is -1.94. The zero-order valence-electron chi connectivity index (χ0n) is 25.5. The summed E-state index contributed by atoms with van der Waals surface area (Å²) in [5.41, 5.74) is 0.679. The van der Waals surface area contributed by atoms with Gasteiger partial charge in [0.1, 0.15) is 28.8 Å². The second kappa shape index (κ2) is 10.9. The highest BCUT2D eigenvalue weighted by Crippen LogP contribution is 2.62. The highest BCUT2D eigenvalue weighted by Gasteiger charge is 2.61. The minimum absolute atomic E-state index is 0.00618. The van der Waals surface area contributed by atoms with Gasteiger partial charge in [0.25, 0.3) is 0 Å². The van der Waals surface area contributed by atoms with Crippen LogP contribution < -0.4 is 0 Å². The van der Waals surface area contributed by atoms with Gasteiger partial charge in [-0.3, -0.25) is 4.79 Å². The van der Waals surface area contributed by atoms with Gasteiger partial charge < -0.3 is 14.9 Å². The molecule has 3 aromatic rings. The zero-order chi connectivity index (χ0) is 31.6. The van der Waals surface area contributed by atoms with Crippen molar-refractivity contribution in [1.82, 2.24) is 9.78 Å². The lowest BCUT2D eigenvalue weighted by Crippen LogP contribution is -2.52. The Kier molecular flexibility index (Phi) is 7.49. The molecule has 2 fully saturated rings. The number of rotatable bonds is 4. The van der Waals surface area contributed by atoms with Crippen molar-refractivity contribution in [3.05, 3.63) is 96.0 Å². The van der Waals surface area contributed by atoms with Gasteiger partial charge in [-0.05, 0) is 96.9 Å². The number of aliphatic hydroxyl groups is 2. The molecule has 1 aromatic heterocycles. The van der Waals surface area contributed by atoms with Crippen LogP contribution in [-0.2, 0) is 9.53 Å². The standard InChI is InChI=1S/C36H39FN2O5/c1-20-11-16-27-28(35(27,4)5)17-21(2)33(41)36(43)18-22(3)31(40)29(36)32(20)44-34(42)26-19-39(25-9-7-6-8-10-25)38-30(26)23-12-14-24(37)15-13-23/h6-10,12-15,17,19,22,27-29,31-32,40,43H,1,11,16,18H2,2-5H3/b21-17+/t22-,27-,28+,29+,31-,32-,36+/m0/s1. The third-order valence-electron chi connectivity index (χ3n) is 10.3. The Morgan fingerprint density at radius 2 is 1.82 bits per heavy atom. The first-order valence-electron chi connectivity index (χ1n) is 15.3. The molecule has 2 N–H and O–H groups in total. The number of esters is 1. The molecule has 0 bridgehead atoms. The van der Waals surface area contributed by atoms with E-state index >= 15 is 0 Å². The molecule has 44 heavy (non-hydrogen) atoms. The third kappa shape index (κ3) is 5.04. The lowest BCUT2D eigenvalue weighted by Gasteiger charge is -2.36. The Morgan fingerprint density at radius 1 is 1.14 bits per heavy atom. The Morgan fingerprint density at radius 3 is 2.50 bits per heavy atom. The average Bonchev–Trinajstić information content (AvgIpc) is 3.27. The van der Waals surface area contributed by atoms with Gasteiger partial charge in [0, 0.05) is 11.8 Å². The maximum Gasteiger partial charge on any atom is 0.342 e. The number of benzene rings is 2. The number of nitrogens with zero attached hydrogens (tertiary/aromatic N) is 2. The van der Waals surface area contributed by atoms with E-state index in [0.29, 0.717) is 34.7 Å². The molecule has 0 unspecified atom stereocenters. The molecule has 0 radical (unpaired) electrons. The lowest BCUT2D eigenvalue weighted by molar-refractivity contribution is -0.144. The first-order valence-corrected chi connectivity index (χ1v) is 15.3. The number of para-hydroxylation sites is 1. The molecule has 2 aromatic carbocycles. The molecule has 6 rings (SSSR count). The zero-order valence-corrected chi connectivity index (χ0v) is 25.5. The normalized spacial score (nSPS) is 32.6. The van der Waals surface area contributed by atoms with E-state index in [9.17, 15) is 24.2 Å². The fourth-order valence-electron chi connectivity index (χ4n) is 7.54. The summed E-state index contributed by atoms with van der Waals surface area (Å²) in [5, 5.41) is 28.2. The second-order valence-corrected chi connectivity index (χ2v) is 13.5. The van der Waals surface area contributed by atoms with Crippen LogP contribution in [-0.4, -0.2) is 49.6 Å². The second-order valence-electron chi connectivity index (χ2n) is 13.5. The van der Waals surface area contributed by atoms with E-state index in [0.717, 1.165) is 6.42 Å². The number of aliphatic hydroxyl groups excluding tert-OH is 1. The maximum absolute atomic E-state index is 14.1. The molecule has 0 aliphatic heterocycles. The molecular weight excluding hydrogens is 559 g/mol. The monoisotopic (exact) mass is 598 g/mol. The Hall–Kier alpha value is -3.88. The predicted octanol–water partition coefficient (Wildman–Crippen LogP) is 6.09. The van der Waals surface area contributed by atoms with Gasteiger partial charge in [-0.15, -0.1) is 0 Å². The third-order valence-corrected chi connectivity index (χ3v) is 10.3. The number of Topliss-reactive ketones (excluding diaryl/α,β-unsaturated/α-hetero) is 1. The fourth-order valence-corrected chi connectivity index (χ4v) is 7.54.